The maximum Gasteiger partial charge on any atom is 0.231 e. The van der Waals surface area contributed by atoms with E-state index in [0.717, 1.165) is 43.0 Å². The molecule has 1 saturated heterocycles. The predicted molar refractivity (Wildman–Crippen MR) is 91.3 cm³/mol. The molecule has 1 aromatic carbocycles. The van der Waals surface area contributed by atoms with E-state index >= 15 is 0 Å². The van der Waals surface area contributed by atoms with Crippen LogP contribution >= 0.6 is 0 Å². The van der Waals surface area contributed by atoms with Crippen molar-refractivity contribution in [1.82, 2.24) is 10.2 Å². The summed E-state index contributed by atoms with van der Waals surface area (Å²) in [5, 5.41) is 10.6. The molecule has 0 bridgehead atoms. The molecule has 0 saturated carbocycles. The number of nitrogens with zero attached hydrogens (tertiary/aromatic N) is 1. The zero-order chi connectivity index (χ0) is 16.2. The second-order valence-corrected chi connectivity index (χ2v) is 6.30. The lowest BCUT2D eigenvalue weighted by Crippen LogP contribution is -2.42. The van der Waals surface area contributed by atoms with Crippen LogP contribution in [0, 0.1) is 5.41 Å². The fourth-order valence-electron chi connectivity index (χ4n) is 3.13. The molecule has 1 aromatic rings. The van der Waals surface area contributed by atoms with Gasteiger partial charge in [-0.15, -0.1) is 0 Å². The zero-order valence-electron chi connectivity index (χ0n) is 13.8. The molecule has 124 valence electrons. The Balaban J connectivity index is 1.56. The van der Waals surface area contributed by atoms with Crippen molar-refractivity contribution in [1.29, 1.82) is 5.41 Å². The van der Waals surface area contributed by atoms with Crippen LogP contribution < -0.4 is 14.8 Å². The quantitative estimate of drug-likeness (QED) is 0.820. The lowest BCUT2D eigenvalue weighted by atomic mass is 10.00. The molecular weight excluding hydrogens is 290 g/mol. The fourth-order valence-corrected chi connectivity index (χ4v) is 3.13. The molecule has 3 rings (SSSR count). The predicted octanol–water partition coefficient (Wildman–Crippen LogP) is 3.08. The van der Waals surface area contributed by atoms with Gasteiger partial charge >= 0.3 is 0 Å². The van der Waals surface area contributed by atoms with Gasteiger partial charge in [0.15, 0.2) is 11.5 Å². The van der Waals surface area contributed by atoms with Crippen LogP contribution in [0.3, 0.4) is 0 Å². The topological polar surface area (TPSA) is 57.6 Å². The SMILES string of the molecule is C/C(C=N)=C/NC1CCN(C(C)c2ccc3c(c2)OCO3)CC1. The molecule has 2 N–H and O–H groups in total. The summed E-state index contributed by atoms with van der Waals surface area (Å²) in [6, 6.07) is 7.13. The van der Waals surface area contributed by atoms with Gasteiger partial charge in [-0.25, -0.2) is 0 Å². The highest BCUT2D eigenvalue weighted by Crippen LogP contribution is 2.35. The summed E-state index contributed by atoms with van der Waals surface area (Å²) >= 11 is 0. The minimum Gasteiger partial charge on any atom is -0.454 e. The molecule has 23 heavy (non-hydrogen) atoms. The normalized spacial score (nSPS) is 20.3. The van der Waals surface area contributed by atoms with Crippen molar-refractivity contribution in [2.75, 3.05) is 19.9 Å². The number of rotatable bonds is 5. The number of allylic oxidation sites excluding steroid dienone is 1. The van der Waals surface area contributed by atoms with E-state index in [-0.39, 0.29) is 0 Å². The average Bonchev–Trinajstić information content (AvgIpc) is 3.07. The molecule has 1 fully saturated rings. The first kappa shape index (κ1) is 15.9. The number of hydrogen-bond donors (Lipinski definition) is 2. The fraction of sp³-hybridized carbons (Fsp3) is 0.500. The minimum absolute atomic E-state index is 0.326. The molecule has 2 aliphatic rings. The van der Waals surface area contributed by atoms with Gasteiger partial charge in [-0.1, -0.05) is 6.07 Å². The lowest BCUT2D eigenvalue weighted by Gasteiger charge is -2.36. The number of benzene rings is 1. The van der Waals surface area contributed by atoms with Crippen molar-refractivity contribution in [2.24, 2.45) is 0 Å². The van der Waals surface area contributed by atoms with Crippen molar-refractivity contribution in [3.05, 3.63) is 35.5 Å². The molecule has 1 unspecified atom stereocenters. The van der Waals surface area contributed by atoms with Crippen molar-refractivity contribution in [3.8, 4) is 11.5 Å². The Morgan fingerprint density at radius 1 is 1.30 bits per heavy atom. The molecule has 2 heterocycles. The van der Waals surface area contributed by atoms with E-state index < -0.39 is 0 Å². The van der Waals surface area contributed by atoms with E-state index in [1.165, 1.54) is 11.8 Å². The Labute approximate surface area is 137 Å². The van der Waals surface area contributed by atoms with Crippen molar-refractivity contribution >= 4 is 6.21 Å². The van der Waals surface area contributed by atoms with Gasteiger partial charge < -0.3 is 20.2 Å². The first-order chi connectivity index (χ1) is 11.2. The van der Waals surface area contributed by atoms with E-state index in [2.05, 4.69) is 29.3 Å². The number of hydrogen-bond acceptors (Lipinski definition) is 5. The van der Waals surface area contributed by atoms with E-state index in [1.54, 1.807) is 0 Å². The first-order valence-electron chi connectivity index (χ1n) is 8.24. The Kier molecular flexibility index (Phi) is 4.86. The van der Waals surface area contributed by atoms with Gasteiger partial charge in [0, 0.05) is 37.6 Å². The molecule has 5 nitrogen and oxygen atoms in total. The first-order valence-corrected chi connectivity index (χ1v) is 8.24. The van der Waals surface area contributed by atoms with Crippen LogP contribution in [-0.2, 0) is 0 Å². The van der Waals surface area contributed by atoms with Gasteiger partial charge in [0.25, 0.3) is 0 Å². The third-order valence-corrected chi connectivity index (χ3v) is 4.73. The second kappa shape index (κ2) is 7.04. The summed E-state index contributed by atoms with van der Waals surface area (Å²) in [5.74, 6) is 1.70. The largest absolute Gasteiger partial charge is 0.454 e. The molecule has 0 aromatic heterocycles. The summed E-state index contributed by atoms with van der Waals surface area (Å²) in [5.41, 5.74) is 2.24. The van der Waals surface area contributed by atoms with E-state index in [4.69, 9.17) is 14.9 Å². The summed E-state index contributed by atoms with van der Waals surface area (Å²) in [6.07, 6.45) is 5.58. The number of fused-ring (bicyclic) bond motifs is 1. The third kappa shape index (κ3) is 3.67. The molecule has 0 radical (unpaired) electrons. The number of piperidine rings is 1. The highest BCUT2D eigenvalue weighted by Gasteiger charge is 2.24. The maximum absolute atomic E-state index is 7.20. The summed E-state index contributed by atoms with van der Waals surface area (Å²) < 4.78 is 10.9. The number of ether oxygens (including phenoxy) is 2. The summed E-state index contributed by atoms with van der Waals surface area (Å²) in [6.45, 7) is 6.67. The number of nitrogens with one attached hydrogen (secondary N) is 2. The molecule has 0 amide bonds. The minimum atomic E-state index is 0.326. The third-order valence-electron chi connectivity index (χ3n) is 4.73. The lowest BCUT2D eigenvalue weighted by molar-refractivity contribution is 0.156. The Bertz CT molecular complexity index is 592. The highest BCUT2D eigenvalue weighted by molar-refractivity contribution is 5.74. The summed E-state index contributed by atoms with van der Waals surface area (Å²) in [7, 11) is 0. The van der Waals surface area contributed by atoms with Gasteiger partial charge in [0.05, 0.1) is 0 Å². The van der Waals surface area contributed by atoms with Crippen LogP contribution in [0.2, 0.25) is 0 Å². The van der Waals surface area contributed by atoms with Gasteiger partial charge in [-0.05, 0) is 50.0 Å². The second-order valence-electron chi connectivity index (χ2n) is 6.30. The Hall–Kier alpha value is -2.01. The summed E-state index contributed by atoms with van der Waals surface area (Å²) in [4.78, 5) is 2.52. The molecule has 0 spiro atoms. The zero-order valence-corrected chi connectivity index (χ0v) is 13.8. The van der Waals surface area contributed by atoms with Gasteiger partial charge in [0.1, 0.15) is 0 Å². The van der Waals surface area contributed by atoms with Gasteiger partial charge in [-0.3, -0.25) is 4.90 Å². The Morgan fingerprint density at radius 3 is 2.78 bits per heavy atom. The van der Waals surface area contributed by atoms with Crippen LogP contribution in [0.25, 0.3) is 0 Å². The molecule has 5 heteroatoms. The van der Waals surface area contributed by atoms with Crippen molar-refractivity contribution in [3.63, 3.8) is 0 Å². The monoisotopic (exact) mass is 315 g/mol. The van der Waals surface area contributed by atoms with Crippen LogP contribution in [-0.4, -0.2) is 37.0 Å². The average molecular weight is 315 g/mol. The maximum atomic E-state index is 7.20. The van der Waals surface area contributed by atoms with E-state index in [0.29, 0.717) is 18.9 Å². The number of likely N-dealkylation sites (tertiary alicyclic amines) is 1. The molecular formula is C18H25N3O2. The van der Waals surface area contributed by atoms with Crippen LogP contribution in [0.15, 0.2) is 30.0 Å². The van der Waals surface area contributed by atoms with E-state index in [9.17, 15) is 0 Å². The molecule has 1 atom stereocenters. The van der Waals surface area contributed by atoms with Crippen LogP contribution in [0.4, 0.5) is 0 Å². The highest BCUT2D eigenvalue weighted by atomic mass is 16.7. The van der Waals surface area contributed by atoms with Crippen LogP contribution in [0.1, 0.15) is 38.3 Å². The molecule has 0 aliphatic carbocycles. The standard InChI is InChI=1S/C18H25N3O2/c1-13(10-19)11-20-16-5-7-21(8-6-16)14(2)15-3-4-17-18(9-15)23-12-22-17/h3-4,9-11,14,16,19-20H,5-8,12H2,1-2H3/b13-11-,19-10?. The van der Waals surface area contributed by atoms with Crippen LogP contribution in [0.5, 0.6) is 11.5 Å². The van der Waals surface area contributed by atoms with Crippen molar-refractivity contribution in [2.45, 2.75) is 38.8 Å². The van der Waals surface area contributed by atoms with E-state index in [1.807, 2.05) is 19.2 Å². The van der Waals surface area contributed by atoms with Gasteiger partial charge in [0.2, 0.25) is 6.79 Å². The molecule has 2 aliphatic heterocycles. The van der Waals surface area contributed by atoms with Gasteiger partial charge in [-0.2, -0.15) is 0 Å². The smallest absolute Gasteiger partial charge is 0.231 e. The van der Waals surface area contributed by atoms with Crippen molar-refractivity contribution < 1.29 is 9.47 Å². The Morgan fingerprint density at radius 2 is 2.04 bits per heavy atom.